The van der Waals surface area contributed by atoms with Crippen molar-refractivity contribution in [2.45, 2.75) is 0 Å². The number of hydrogen-bond acceptors (Lipinski definition) is 0. The summed E-state index contributed by atoms with van der Waals surface area (Å²) in [6.07, 6.45) is 3.68. The lowest BCUT2D eigenvalue weighted by Crippen LogP contribution is -1.79. The van der Waals surface area contributed by atoms with Crippen molar-refractivity contribution in [1.82, 2.24) is 0 Å². The van der Waals surface area contributed by atoms with E-state index in [1.54, 1.807) is 18.2 Å². The van der Waals surface area contributed by atoms with Gasteiger partial charge in [0.05, 0.1) is 0 Å². The summed E-state index contributed by atoms with van der Waals surface area (Å²) in [6.45, 7) is 0. The molecule has 0 heterocycles. The van der Waals surface area contributed by atoms with E-state index in [1.165, 1.54) is 6.07 Å². The van der Waals surface area contributed by atoms with Crippen LogP contribution in [-0.4, -0.2) is 0 Å². The van der Waals surface area contributed by atoms with Crippen LogP contribution >= 0.6 is 0 Å². The van der Waals surface area contributed by atoms with Crippen LogP contribution in [0.5, 0.6) is 0 Å². The molecule has 0 aliphatic heterocycles. The van der Waals surface area contributed by atoms with E-state index in [2.05, 4.69) is 0 Å². The topological polar surface area (TPSA) is 0 Å². The third-order valence-electron chi connectivity index (χ3n) is 2.16. The quantitative estimate of drug-likeness (QED) is 0.640. The van der Waals surface area contributed by atoms with Gasteiger partial charge in [-0.15, -0.1) is 0 Å². The summed E-state index contributed by atoms with van der Waals surface area (Å²) < 4.78 is 13.2. The minimum Gasteiger partial charge on any atom is -0.206 e. The SMILES string of the molecule is Fc1ccccc1/C=C\c1ccccc1. The first-order valence-corrected chi connectivity index (χ1v) is 4.84. The van der Waals surface area contributed by atoms with Gasteiger partial charge in [0, 0.05) is 5.56 Å². The first-order valence-electron chi connectivity index (χ1n) is 4.84. The maximum Gasteiger partial charge on any atom is 0.130 e. The summed E-state index contributed by atoms with van der Waals surface area (Å²) in [5.41, 5.74) is 1.68. The first kappa shape index (κ1) is 9.66. The molecule has 0 N–H and O–H groups in total. The maximum absolute atomic E-state index is 13.2. The highest BCUT2D eigenvalue weighted by molar-refractivity contribution is 5.69. The van der Waals surface area contributed by atoms with Gasteiger partial charge in [0.25, 0.3) is 0 Å². The van der Waals surface area contributed by atoms with Crippen LogP contribution in [0.4, 0.5) is 4.39 Å². The van der Waals surface area contributed by atoms with Crippen LogP contribution in [0.25, 0.3) is 12.2 Å². The number of halogens is 1. The van der Waals surface area contributed by atoms with Crippen molar-refractivity contribution < 1.29 is 4.39 Å². The molecule has 0 atom stereocenters. The predicted molar refractivity (Wildman–Crippen MR) is 61.8 cm³/mol. The Bertz CT molecular complexity index is 458. The van der Waals surface area contributed by atoms with E-state index < -0.39 is 0 Å². The normalized spacial score (nSPS) is 10.7. The Labute approximate surface area is 88.7 Å². The highest BCUT2D eigenvalue weighted by Gasteiger charge is 1.94. The summed E-state index contributed by atoms with van der Waals surface area (Å²) >= 11 is 0. The van der Waals surface area contributed by atoms with Crippen LogP contribution in [0.3, 0.4) is 0 Å². The minimum atomic E-state index is -0.190. The molecule has 2 aromatic carbocycles. The molecule has 2 rings (SSSR count). The average molecular weight is 198 g/mol. The molecule has 0 spiro atoms. The van der Waals surface area contributed by atoms with Gasteiger partial charge in [-0.25, -0.2) is 4.39 Å². The van der Waals surface area contributed by atoms with E-state index in [9.17, 15) is 4.39 Å². The van der Waals surface area contributed by atoms with Gasteiger partial charge in [0.2, 0.25) is 0 Å². The van der Waals surface area contributed by atoms with Crippen molar-refractivity contribution in [3.8, 4) is 0 Å². The molecular weight excluding hydrogens is 187 g/mol. The second-order valence-electron chi connectivity index (χ2n) is 3.27. The molecule has 74 valence electrons. The Morgan fingerprint density at radius 2 is 1.40 bits per heavy atom. The molecule has 15 heavy (non-hydrogen) atoms. The Hall–Kier alpha value is -1.89. The summed E-state index contributed by atoms with van der Waals surface area (Å²) in [4.78, 5) is 0. The summed E-state index contributed by atoms with van der Waals surface area (Å²) in [5.74, 6) is -0.190. The lowest BCUT2D eigenvalue weighted by molar-refractivity contribution is 0.625. The fourth-order valence-corrected chi connectivity index (χ4v) is 1.36. The van der Waals surface area contributed by atoms with Crippen LogP contribution in [0.1, 0.15) is 11.1 Å². The Balaban J connectivity index is 2.23. The smallest absolute Gasteiger partial charge is 0.130 e. The molecule has 0 aliphatic rings. The molecular formula is C14H11F. The molecule has 0 saturated carbocycles. The van der Waals surface area contributed by atoms with Crippen molar-refractivity contribution in [2.24, 2.45) is 0 Å². The molecule has 0 unspecified atom stereocenters. The summed E-state index contributed by atoms with van der Waals surface area (Å²) in [5, 5.41) is 0. The predicted octanol–water partition coefficient (Wildman–Crippen LogP) is 4.00. The fourth-order valence-electron chi connectivity index (χ4n) is 1.36. The Morgan fingerprint density at radius 3 is 2.13 bits per heavy atom. The zero-order chi connectivity index (χ0) is 10.5. The first-order chi connectivity index (χ1) is 7.36. The number of hydrogen-bond donors (Lipinski definition) is 0. The molecule has 0 aromatic heterocycles. The largest absolute Gasteiger partial charge is 0.206 e. The van der Waals surface area contributed by atoms with Gasteiger partial charge in [0.1, 0.15) is 5.82 Å². The fraction of sp³-hybridized carbons (Fsp3) is 0. The molecule has 0 fully saturated rings. The van der Waals surface area contributed by atoms with Gasteiger partial charge in [-0.1, -0.05) is 60.7 Å². The molecule has 0 amide bonds. The summed E-state index contributed by atoms with van der Waals surface area (Å²) in [6, 6.07) is 16.6. The minimum absolute atomic E-state index is 0.190. The Morgan fingerprint density at radius 1 is 0.733 bits per heavy atom. The lowest BCUT2D eigenvalue weighted by Gasteiger charge is -1.95. The van der Waals surface area contributed by atoms with Crippen LogP contribution in [0.15, 0.2) is 54.6 Å². The van der Waals surface area contributed by atoms with Gasteiger partial charge in [-0.3, -0.25) is 0 Å². The van der Waals surface area contributed by atoms with Gasteiger partial charge in [0.15, 0.2) is 0 Å². The van der Waals surface area contributed by atoms with Crippen molar-refractivity contribution in [1.29, 1.82) is 0 Å². The highest BCUT2D eigenvalue weighted by Crippen LogP contribution is 2.11. The zero-order valence-electron chi connectivity index (χ0n) is 8.23. The van der Waals surface area contributed by atoms with Gasteiger partial charge >= 0.3 is 0 Å². The van der Waals surface area contributed by atoms with Crippen molar-refractivity contribution in [2.75, 3.05) is 0 Å². The number of benzene rings is 2. The highest BCUT2D eigenvalue weighted by atomic mass is 19.1. The maximum atomic E-state index is 13.2. The average Bonchev–Trinajstić information content (AvgIpc) is 2.29. The third-order valence-corrected chi connectivity index (χ3v) is 2.16. The van der Waals surface area contributed by atoms with Crippen molar-refractivity contribution >= 4 is 12.2 Å². The van der Waals surface area contributed by atoms with E-state index in [4.69, 9.17) is 0 Å². The van der Waals surface area contributed by atoms with Crippen molar-refractivity contribution in [3.05, 3.63) is 71.5 Å². The van der Waals surface area contributed by atoms with E-state index >= 15 is 0 Å². The second-order valence-corrected chi connectivity index (χ2v) is 3.27. The molecule has 2 aromatic rings. The van der Waals surface area contributed by atoms with Crippen molar-refractivity contribution in [3.63, 3.8) is 0 Å². The Kier molecular flexibility index (Phi) is 2.93. The van der Waals surface area contributed by atoms with Crippen LogP contribution < -0.4 is 0 Å². The molecule has 1 heteroatoms. The lowest BCUT2D eigenvalue weighted by atomic mass is 10.1. The van der Waals surface area contributed by atoms with Gasteiger partial charge < -0.3 is 0 Å². The summed E-state index contributed by atoms with van der Waals surface area (Å²) in [7, 11) is 0. The van der Waals surface area contributed by atoms with E-state index in [0.717, 1.165) is 5.56 Å². The third kappa shape index (κ3) is 2.53. The van der Waals surface area contributed by atoms with Gasteiger partial charge in [-0.05, 0) is 11.6 Å². The van der Waals surface area contributed by atoms with Crippen LogP contribution in [0, 0.1) is 5.82 Å². The molecule has 0 radical (unpaired) electrons. The van der Waals surface area contributed by atoms with E-state index in [1.807, 2.05) is 42.5 Å². The van der Waals surface area contributed by atoms with E-state index in [0.29, 0.717) is 5.56 Å². The van der Waals surface area contributed by atoms with E-state index in [-0.39, 0.29) is 5.82 Å². The molecule has 0 aliphatic carbocycles. The molecule has 0 bridgehead atoms. The van der Waals surface area contributed by atoms with Gasteiger partial charge in [-0.2, -0.15) is 0 Å². The standard InChI is InChI=1S/C14H11F/c15-14-9-5-4-8-13(14)11-10-12-6-2-1-3-7-12/h1-11H/b11-10-. The van der Waals surface area contributed by atoms with Crippen LogP contribution in [-0.2, 0) is 0 Å². The second kappa shape index (κ2) is 4.56. The monoisotopic (exact) mass is 198 g/mol. The number of rotatable bonds is 2. The molecule has 0 saturated heterocycles. The van der Waals surface area contributed by atoms with Crippen LogP contribution in [0.2, 0.25) is 0 Å². The molecule has 0 nitrogen and oxygen atoms in total. The zero-order valence-corrected chi connectivity index (χ0v) is 8.23.